The largest absolute Gasteiger partial charge is 0.321 e. The van der Waals surface area contributed by atoms with Gasteiger partial charge in [-0.2, -0.15) is 14.4 Å². The number of aryl methyl sites for hydroxylation is 1. The smallest absolute Gasteiger partial charge is 0.278 e. The molecule has 4 rings (SSSR count). The van der Waals surface area contributed by atoms with Crippen molar-refractivity contribution in [1.29, 1.82) is 0 Å². The Kier molecular flexibility index (Phi) is 5.61. The highest BCUT2D eigenvalue weighted by atomic mass is 32.2. The van der Waals surface area contributed by atoms with Crippen molar-refractivity contribution >= 4 is 38.2 Å². The summed E-state index contributed by atoms with van der Waals surface area (Å²) in [5.41, 5.74) is 0.824. The average Bonchev–Trinajstić information content (AvgIpc) is 3.30. The van der Waals surface area contributed by atoms with Gasteiger partial charge in [0.15, 0.2) is 17.3 Å². The number of hydrogen-bond acceptors (Lipinski definition) is 8. The normalized spacial score (nSPS) is 11.6. The molecule has 0 unspecified atom stereocenters. The van der Waals surface area contributed by atoms with E-state index in [4.69, 9.17) is 0 Å². The number of hydrogen-bond donors (Lipinski definition) is 1. The van der Waals surface area contributed by atoms with Crippen LogP contribution in [0, 0.1) is 0 Å². The Balaban J connectivity index is 1.89. The number of allylic oxidation sites excluding steroid dienone is 1. The Morgan fingerprint density at radius 1 is 1.25 bits per heavy atom. The molecule has 0 aliphatic heterocycles. The molecule has 11 nitrogen and oxygen atoms in total. The zero-order valence-electron chi connectivity index (χ0n) is 18.0. The maximum absolute atomic E-state index is 13.0. The molecule has 0 bridgehead atoms. The van der Waals surface area contributed by atoms with Gasteiger partial charge in [0.2, 0.25) is 5.95 Å². The van der Waals surface area contributed by atoms with Crippen LogP contribution in [0.25, 0.3) is 16.9 Å². The lowest BCUT2D eigenvalue weighted by Crippen LogP contribution is -2.22. The van der Waals surface area contributed by atoms with Gasteiger partial charge in [0.1, 0.15) is 5.39 Å². The van der Waals surface area contributed by atoms with E-state index in [-0.39, 0.29) is 12.1 Å². The molecule has 0 radical (unpaired) electrons. The summed E-state index contributed by atoms with van der Waals surface area (Å²) >= 11 is 0. The number of nitrogens with one attached hydrogen (secondary N) is 1. The maximum Gasteiger partial charge on any atom is 0.278 e. The number of aromatic nitrogens is 7. The van der Waals surface area contributed by atoms with Gasteiger partial charge in [-0.3, -0.25) is 9.48 Å². The van der Waals surface area contributed by atoms with E-state index in [0.717, 1.165) is 12.2 Å². The van der Waals surface area contributed by atoms with Crippen LogP contribution in [0.4, 0.5) is 17.5 Å². The molecule has 12 heteroatoms. The van der Waals surface area contributed by atoms with E-state index < -0.39 is 9.73 Å². The zero-order chi connectivity index (χ0) is 22.9. The van der Waals surface area contributed by atoms with Crippen LogP contribution in [0.5, 0.6) is 0 Å². The van der Waals surface area contributed by atoms with Crippen LogP contribution < -0.4 is 10.9 Å². The molecule has 0 saturated heterocycles. The maximum atomic E-state index is 13.0. The van der Waals surface area contributed by atoms with Gasteiger partial charge < -0.3 is 5.32 Å². The minimum absolute atomic E-state index is 0.239. The summed E-state index contributed by atoms with van der Waals surface area (Å²) in [6.07, 6.45) is 9.67. The summed E-state index contributed by atoms with van der Waals surface area (Å²) in [5, 5.41) is 7.66. The second-order valence-corrected chi connectivity index (χ2v) is 9.80. The molecule has 0 aromatic carbocycles. The van der Waals surface area contributed by atoms with E-state index in [9.17, 15) is 9.00 Å². The molecule has 32 heavy (non-hydrogen) atoms. The first-order chi connectivity index (χ1) is 15.3. The quantitative estimate of drug-likeness (QED) is 0.426. The molecule has 0 atom stereocenters. The van der Waals surface area contributed by atoms with Crippen LogP contribution in [0.3, 0.4) is 0 Å². The third-order valence-electron chi connectivity index (χ3n) is 4.44. The predicted octanol–water partition coefficient (Wildman–Crippen LogP) is 2.48. The van der Waals surface area contributed by atoms with Gasteiger partial charge in [-0.1, -0.05) is 12.1 Å². The molecule has 4 heterocycles. The molecular formula is C20H23N9O2S. The third-order valence-corrected chi connectivity index (χ3v) is 5.07. The summed E-state index contributed by atoms with van der Waals surface area (Å²) < 4.78 is 21.1. The van der Waals surface area contributed by atoms with Crippen LogP contribution in [0.2, 0.25) is 0 Å². The fourth-order valence-corrected chi connectivity index (χ4v) is 3.70. The predicted molar refractivity (Wildman–Crippen MR) is 124 cm³/mol. The first kappa shape index (κ1) is 21.4. The van der Waals surface area contributed by atoms with E-state index in [1.807, 2.05) is 13.1 Å². The van der Waals surface area contributed by atoms with Crippen molar-refractivity contribution < 1.29 is 4.21 Å². The summed E-state index contributed by atoms with van der Waals surface area (Å²) in [6.45, 7) is 6.71. The minimum atomic E-state index is -2.40. The number of fused-ring (bicyclic) bond motifs is 1. The van der Waals surface area contributed by atoms with Crippen molar-refractivity contribution in [1.82, 2.24) is 34.1 Å². The monoisotopic (exact) mass is 453 g/mol. The Labute approximate surface area is 184 Å². The van der Waals surface area contributed by atoms with Crippen molar-refractivity contribution in [3.63, 3.8) is 0 Å². The van der Waals surface area contributed by atoms with Crippen molar-refractivity contribution in [2.24, 2.45) is 4.36 Å². The van der Waals surface area contributed by atoms with Crippen molar-refractivity contribution in [3.8, 4) is 5.82 Å². The first-order valence-corrected chi connectivity index (χ1v) is 12.2. The van der Waals surface area contributed by atoms with Crippen LogP contribution in [-0.2, 0) is 22.8 Å². The topological polar surface area (TPSA) is 125 Å². The lowest BCUT2D eigenvalue weighted by Gasteiger charge is -2.10. The zero-order valence-corrected chi connectivity index (χ0v) is 18.8. The molecule has 4 aromatic heterocycles. The number of anilines is 2. The Morgan fingerprint density at radius 2 is 2.06 bits per heavy atom. The van der Waals surface area contributed by atoms with Gasteiger partial charge >= 0.3 is 0 Å². The first-order valence-electron chi connectivity index (χ1n) is 9.82. The molecule has 0 spiro atoms. The molecule has 1 N–H and O–H groups in total. The fourth-order valence-electron chi connectivity index (χ4n) is 3.14. The molecule has 4 aromatic rings. The van der Waals surface area contributed by atoms with E-state index in [2.05, 4.69) is 36.3 Å². The third kappa shape index (κ3) is 4.30. The SMILES string of the molecule is C=CCn1c(=O)c2cnc(Nc3cnn(CC)c3)nc2n1-c1cccc(N=S(C)(C)=O)n1. The van der Waals surface area contributed by atoms with Crippen molar-refractivity contribution in [3.05, 3.63) is 59.8 Å². The summed E-state index contributed by atoms with van der Waals surface area (Å²) in [6, 6.07) is 5.12. The highest BCUT2D eigenvalue weighted by molar-refractivity contribution is 7.92. The van der Waals surface area contributed by atoms with E-state index in [0.29, 0.717) is 28.6 Å². The second kappa shape index (κ2) is 8.38. The van der Waals surface area contributed by atoms with Crippen molar-refractivity contribution in [2.75, 3.05) is 17.8 Å². The van der Waals surface area contributed by atoms with Crippen LogP contribution >= 0.6 is 0 Å². The Bertz CT molecular complexity index is 1480. The van der Waals surface area contributed by atoms with Gasteiger partial charge in [-0.05, 0) is 19.1 Å². The standard InChI is InChI=1S/C20H23N9O2S/c1-5-10-28-19(30)15-12-21-20(23-14-11-22-27(6-2)13-14)25-18(15)29(28)17-9-7-8-16(24-17)26-32(3,4)31/h5,7-9,11-13H,1,6,10H2,2-4H3,(H,21,23,25). The van der Waals surface area contributed by atoms with Gasteiger partial charge in [0.25, 0.3) is 5.56 Å². The fraction of sp³-hybridized carbons (Fsp3) is 0.250. The lowest BCUT2D eigenvalue weighted by atomic mass is 10.4. The minimum Gasteiger partial charge on any atom is -0.321 e. The molecule has 166 valence electrons. The van der Waals surface area contributed by atoms with E-state index in [1.54, 1.807) is 39.8 Å². The van der Waals surface area contributed by atoms with Crippen molar-refractivity contribution in [2.45, 2.75) is 20.0 Å². The molecule has 0 fully saturated rings. The highest BCUT2D eigenvalue weighted by Gasteiger charge is 2.18. The number of rotatable bonds is 7. The van der Waals surface area contributed by atoms with Crippen LogP contribution in [0.15, 0.2) is 58.6 Å². The van der Waals surface area contributed by atoms with Gasteiger partial charge in [0, 0.05) is 41.2 Å². The van der Waals surface area contributed by atoms with Gasteiger partial charge in [-0.15, -0.1) is 6.58 Å². The Hall–Kier alpha value is -3.80. The lowest BCUT2D eigenvalue weighted by molar-refractivity contribution is 0.597. The van der Waals surface area contributed by atoms with Gasteiger partial charge in [0.05, 0.1) is 18.4 Å². The summed E-state index contributed by atoms with van der Waals surface area (Å²) in [4.78, 5) is 26.4. The summed E-state index contributed by atoms with van der Waals surface area (Å²) in [7, 11) is -2.40. The van der Waals surface area contributed by atoms with Crippen LogP contribution in [-0.4, -0.2) is 50.8 Å². The highest BCUT2D eigenvalue weighted by Crippen LogP contribution is 2.20. The Morgan fingerprint density at radius 3 is 2.75 bits per heavy atom. The number of nitrogens with zero attached hydrogens (tertiary/aromatic N) is 8. The molecule has 0 aliphatic rings. The summed E-state index contributed by atoms with van der Waals surface area (Å²) in [5.74, 6) is 1.02. The number of pyridine rings is 1. The van der Waals surface area contributed by atoms with Crippen LogP contribution in [0.1, 0.15) is 6.92 Å². The second-order valence-electron chi connectivity index (χ2n) is 7.25. The molecule has 0 aliphatic carbocycles. The molecule has 0 saturated carbocycles. The molecule has 0 amide bonds. The van der Waals surface area contributed by atoms with Gasteiger partial charge in [-0.25, -0.2) is 23.5 Å². The van der Waals surface area contributed by atoms with E-state index >= 15 is 0 Å². The van der Waals surface area contributed by atoms with E-state index in [1.165, 1.54) is 23.4 Å². The molecular weight excluding hydrogens is 430 g/mol. The average molecular weight is 454 g/mol.